The van der Waals surface area contributed by atoms with E-state index in [1.165, 1.54) is 37.3 Å². The Hall–Kier alpha value is -1.97. The number of esters is 1. The van der Waals surface area contributed by atoms with E-state index in [9.17, 15) is 14.0 Å². The summed E-state index contributed by atoms with van der Waals surface area (Å²) in [6, 6.07) is 3.69. The largest absolute Gasteiger partial charge is 0.426 e. The number of carbonyl (C=O) groups is 2. The summed E-state index contributed by atoms with van der Waals surface area (Å²) in [5, 5.41) is 0. The zero-order valence-electron chi connectivity index (χ0n) is 8.07. The third-order valence-electron chi connectivity index (χ3n) is 1.58. The van der Waals surface area contributed by atoms with Gasteiger partial charge in [0.1, 0.15) is 17.9 Å². The highest BCUT2D eigenvalue weighted by atomic mass is 19.1. The molecule has 0 saturated heterocycles. The molecule has 0 aromatic heterocycles. The smallest absolute Gasteiger partial charge is 0.308 e. The van der Waals surface area contributed by atoms with E-state index in [4.69, 9.17) is 4.74 Å². The molecule has 78 valence electrons. The van der Waals surface area contributed by atoms with Crippen LogP contribution in [0.1, 0.15) is 12.5 Å². The first kappa shape index (κ1) is 11.1. The van der Waals surface area contributed by atoms with E-state index >= 15 is 0 Å². The average molecular weight is 208 g/mol. The van der Waals surface area contributed by atoms with Crippen LogP contribution in [-0.2, 0) is 9.59 Å². The Morgan fingerprint density at radius 2 is 2.20 bits per heavy atom. The normalized spacial score (nSPS) is 10.3. The van der Waals surface area contributed by atoms with Crippen molar-refractivity contribution in [3.63, 3.8) is 0 Å². The monoisotopic (exact) mass is 208 g/mol. The molecule has 0 N–H and O–H groups in total. The van der Waals surface area contributed by atoms with Gasteiger partial charge in [0.15, 0.2) is 0 Å². The van der Waals surface area contributed by atoms with Gasteiger partial charge in [-0.25, -0.2) is 4.39 Å². The molecule has 0 atom stereocenters. The number of allylic oxidation sites excluding steroid dienone is 1. The standard InChI is InChI=1S/C11H9FO3/c1-8(14)15-11-5-4-10(12)7-9(11)3-2-6-13/h2-7H,1H3/b3-2+. The lowest BCUT2D eigenvalue weighted by Gasteiger charge is -2.04. The van der Waals surface area contributed by atoms with E-state index in [-0.39, 0.29) is 5.75 Å². The number of rotatable bonds is 3. The second-order valence-electron chi connectivity index (χ2n) is 2.77. The summed E-state index contributed by atoms with van der Waals surface area (Å²) in [6.07, 6.45) is 3.12. The average Bonchev–Trinajstić information content (AvgIpc) is 2.18. The molecule has 4 heteroatoms. The zero-order valence-corrected chi connectivity index (χ0v) is 8.07. The van der Waals surface area contributed by atoms with Crippen molar-refractivity contribution in [2.45, 2.75) is 6.92 Å². The molecular weight excluding hydrogens is 199 g/mol. The van der Waals surface area contributed by atoms with Gasteiger partial charge in [-0.15, -0.1) is 0 Å². The summed E-state index contributed by atoms with van der Waals surface area (Å²) in [4.78, 5) is 20.8. The molecule has 0 aliphatic heterocycles. The molecule has 3 nitrogen and oxygen atoms in total. The molecular formula is C11H9FO3. The summed E-state index contributed by atoms with van der Waals surface area (Å²) in [7, 11) is 0. The fourth-order valence-electron chi connectivity index (χ4n) is 1.04. The lowest BCUT2D eigenvalue weighted by molar-refractivity contribution is -0.131. The van der Waals surface area contributed by atoms with Gasteiger partial charge in [-0.2, -0.15) is 0 Å². The molecule has 0 amide bonds. The molecule has 0 saturated carbocycles. The molecule has 0 heterocycles. The van der Waals surface area contributed by atoms with E-state index in [1.807, 2.05) is 0 Å². The number of ether oxygens (including phenoxy) is 1. The van der Waals surface area contributed by atoms with Gasteiger partial charge < -0.3 is 4.74 Å². The Balaban J connectivity index is 3.07. The van der Waals surface area contributed by atoms with Crippen molar-refractivity contribution >= 4 is 18.3 Å². The molecule has 0 aliphatic rings. The molecule has 15 heavy (non-hydrogen) atoms. The van der Waals surface area contributed by atoms with Crippen LogP contribution in [0.2, 0.25) is 0 Å². The first-order chi connectivity index (χ1) is 7.13. The van der Waals surface area contributed by atoms with Gasteiger partial charge in [-0.1, -0.05) is 0 Å². The number of halogens is 1. The van der Waals surface area contributed by atoms with Crippen molar-refractivity contribution in [2.75, 3.05) is 0 Å². The van der Waals surface area contributed by atoms with Crippen LogP contribution in [0, 0.1) is 5.82 Å². The summed E-state index contributed by atoms with van der Waals surface area (Å²) >= 11 is 0. The fourth-order valence-corrected chi connectivity index (χ4v) is 1.04. The Bertz CT molecular complexity index is 410. The predicted molar refractivity (Wildman–Crippen MR) is 52.8 cm³/mol. The van der Waals surface area contributed by atoms with E-state index in [0.717, 1.165) is 0 Å². The molecule has 0 unspecified atom stereocenters. The highest BCUT2D eigenvalue weighted by molar-refractivity contribution is 5.77. The Labute approximate surface area is 86.2 Å². The van der Waals surface area contributed by atoms with Crippen LogP contribution in [0.15, 0.2) is 24.3 Å². The van der Waals surface area contributed by atoms with E-state index in [2.05, 4.69) is 0 Å². The zero-order chi connectivity index (χ0) is 11.3. The molecule has 0 aliphatic carbocycles. The van der Waals surface area contributed by atoms with Crippen LogP contribution in [0.5, 0.6) is 5.75 Å². The van der Waals surface area contributed by atoms with Crippen LogP contribution in [-0.4, -0.2) is 12.3 Å². The van der Waals surface area contributed by atoms with Crippen molar-refractivity contribution in [1.82, 2.24) is 0 Å². The van der Waals surface area contributed by atoms with Gasteiger partial charge in [-0.05, 0) is 30.4 Å². The number of aldehydes is 1. The van der Waals surface area contributed by atoms with E-state index in [1.54, 1.807) is 0 Å². The number of hydrogen-bond donors (Lipinski definition) is 0. The summed E-state index contributed by atoms with van der Waals surface area (Å²) < 4.78 is 17.7. The van der Waals surface area contributed by atoms with Crippen LogP contribution < -0.4 is 4.74 Å². The first-order valence-corrected chi connectivity index (χ1v) is 4.23. The summed E-state index contributed by atoms with van der Waals surface area (Å²) in [5.41, 5.74) is 0.345. The third kappa shape index (κ3) is 3.34. The van der Waals surface area contributed by atoms with Gasteiger partial charge in [-0.3, -0.25) is 9.59 Å². The fraction of sp³-hybridized carbons (Fsp3) is 0.0909. The van der Waals surface area contributed by atoms with Gasteiger partial charge in [0.05, 0.1) is 0 Å². The minimum absolute atomic E-state index is 0.224. The Morgan fingerprint density at radius 1 is 1.47 bits per heavy atom. The predicted octanol–water partition coefficient (Wildman–Crippen LogP) is 1.96. The van der Waals surface area contributed by atoms with Gasteiger partial charge in [0, 0.05) is 12.5 Å². The Kier molecular flexibility index (Phi) is 3.74. The topological polar surface area (TPSA) is 43.4 Å². The maximum atomic E-state index is 12.8. The van der Waals surface area contributed by atoms with Gasteiger partial charge in [0.25, 0.3) is 0 Å². The van der Waals surface area contributed by atoms with Crippen molar-refractivity contribution in [1.29, 1.82) is 0 Å². The molecule has 0 fully saturated rings. The van der Waals surface area contributed by atoms with Gasteiger partial charge in [0.2, 0.25) is 0 Å². The lowest BCUT2D eigenvalue weighted by atomic mass is 10.2. The van der Waals surface area contributed by atoms with Crippen LogP contribution in [0.4, 0.5) is 4.39 Å². The molecule has 1 rings (SSSR count). The SMILES string of the molecule is CC(=O)Oc1ccc(F)cc1/C=C/C=O. The second kappa shape index (κ2) is 5.05. The number of benzene rings is 1. The lowest BCUT2D eigenvalue weighted by Crippen LogP contribution is -2.02. The molecule has 0 radical (unpaired) electrons. The number of hydrogen-bond acceptors (Lipinski definition) is 3. The van der Waals surface area contributed by atoms with Crippen molar-refractivity contribution < 1.29 is 18.7 Å². The van der Waals surface area contributed by atoms with Crippen LogP contribution in [0.25, 0.3) is 6.08 Å². The molecule has 1 aromatic carbocycles. The minimum atomic E-state index is -0.498. The highest BCUT2D eigenvalue weighted by Gasteiger charge is 2.04. The van der Waals surface area contributed by atoms with Crippen LogP contribution in [0.3, 0.4) is 0 Å². The Morgan fingerprint density at radius 3 is 2.80 bits per heavy atom. The maximum absolute atomic E-state index is 12.8. The molecule has 0 spiro atoms. The van der Waals surface area contributed by atoms with Crippen molar-refractivity contribution in [2.24, 2.45) is 0 Å². The summed E-state index contributed by atoms with van der Waals surface area (Å²) in [6.45, 7) is 1.25. The van der Waals surface area contributed by atoms with Crippen molar-refractivity contribution in [3.8, 4) is 5.75 Å². The minimum Gasteiger partial charge on any atom is -0.426 e. The quantitative estimate of drug-likeness (QED) is 0.330. The molecule has 0 bridgehead atoms. The number of carbonyl (C=O) groups excluding carboxylic acids is 2. The van der Waals surface area contributed by atoms with Gasteiger partial charge >= 0.3 is 5.97 Å². The van der Waals surface area contributed by atoms with Crippen LogP contribution >= 0.6 is 0 Å². The third-order valence-corrected chi connectivity index (χ3v) is 1.58. The van der Waals surface area contributed by atoms with E-state index < -0.39 is 11.8 Å². The summed E-state index contributed by atoms with van der Waals surface area (Å²) in [5.74, 6) is -0.735. The maximum Gasteiger partial charge on any atom is 0.308 e. The highest BCUT2D eigenvalue weighted by Crippen LogP contribution is 2.21. The second-order valence-corrected chi connectivity index (χ2v) is 2.77. The first-order valence-electron chi connectivity index (χ1n) is 4.23. The van der Waals surface area contributed by atoms with Crippen molar-refractivity contribution in [3.05, 3.63) is 35.7 Å². The van der Waals surface area contributed by atoms with E-state index in [0.29, 0.717) is 11.8 Å². The molecule has 1 aromatic rings.